The number of ether oxygens (including phenoxy) is 1. The van der Waals surface area contributed by atoms with Crippen molar-refractivity contribution < 1.29 is 13.9 Å². The summed E-state index contributed by atoms with van der Waals surface area (Å²) in [5, 5.41) is 3.06. The average Bonchev–Trinajstić information content (AvgIpc) is 3.47. The standard InChI is InChI=1S/C26H28FN5O3S/c1-30-10-4-5-16(30)8-9-28-25(34)21-22(33)17-15-18(27)24(31-11-13-35-14-12-31)29-23(17)32-19-6-2-3-7-20(19)36-26(21)32/h2-3,6-7,15-16H,4-5,8-14H2,1H3,(H,28,34). The molecule has 4 aromatic rings. The number of thiazole rings is 1. The van der Waals surface area contributed by atoms with Crippen LogP contribution >= 0.6 is 11.3 Å². The van der Waals surface area contributed by atoms with Crippen LogP contribution in [0.15, 0.2) is 35.1 Å². The van der Waals surface area contributed by atoms with Crippen molar-refractivity contribution in [3.8, 4) is 0 Å². The number of pyridine rings is 2. The number of halogens is 1. The van der Waals surface area contributed by atoms with Gasteiger partial charge in [0.15, 0.2) is 17.3 Å². The Morgan fingerprint density at radius 3 is 2.83 bits per heavy atom. The quantitative estimate of drug-likeness (QED) is 0.445. The number of amides is 1. The van der Waals surface area contributed by atoms with Crippen molar-refractivity contribution in [1.29, 1.82) is 0 Å². The Morgan fingerprint density at radius 1 is 1.25 bits per heavy atom. The molecule has 1 atom stereocenters. The molecular weight excluding hydrogens is 481 g/mol. The molecule has 2 fully saturated rings. The van der Waals surface area contributed by atoms with Gasteiger partial charge in [-0.3, -0.25) is 14.0 Å². The van der Waals surface area contributed by atoms with E-state index in [0.717, 1.165) is 36.0 Å². The molecule has 188 valence electrons. The van der Waals surface area contributed by atoms with E-state index < -0.39 is 17.2 Å². The minimum Gasteiger partial charge on any atom is -0.378 e. The highest BCUT2D eigenvalue weighted by atomic mass is 32.1. The van der Waals surface area contributed by atoms with Gasteiger partial charge < -0.3 is 19.9 Å². The van der Waals surface area contributed by atoms with E-state index >= 15 is 4.39 Å². The van der Waals surface area contributed by atoms with Crippen LogP contribution in [0, 0.1) is 5.82 Å². The van der Waals surface area contributed by atoms with E-state index in [-0.39, 0.29) is 16.8 Å². The lowest BCUT2D eigenvalue weighted by atomic mass is 10.1. The van der Waals surface area contributed by atoms with Crippen LogP contribution in [0.3, 0.4) is 0 Å². The van der Waals surface area contributed by atoms with Gasteiger partial charge in [0.1, 0.15) is 10.4 Å². The van der Waals surface area contributed by atoms with Crippen molar-refractivity contribution in [1.82, 2.24) is 19.6 Å². The molecule has 1 unspecified atom stereocenters. The molecule has 0 aliphatic carbocycles. The molecule has 0 saturated carbocycles. The maximum atomic E-state index is 15.3. The van der Waals surface area contributed by atoms with Crippen LogP contribution in [0.4, 0.5) is 10.2 Å². The average molecular weight is 510 g/mol. The molecule has 0 spiro atoms. The molecule has 10 heteroatoms. The summed E-state index contributed by atoms with van der Waals surface area (Å²) in [6.45, 7) is 3.57. The Hall–Kier alpha value is -3.08. The normalized spacial score (nSPS) is 19.1. The molecule has 3 aromatic heterocycles. The number of anilines is 1. The fourth-order valence-electron chi connectivity index (χ4n) is 5.38. The zero-order chi connectivity index (χ0) is 24.8. The summed E-state index contributed by atoms with van der Waals surface area (Å²) in [4.78, 5) is 36.4. The second-order valence-electron chi connectivity index (χ2n) is 9.50. The van der Waals surface area contributed by atoms with Crippen molar-refractivity contribution in [3.63, 3.8) is 0 Å². The molecule has 2 saturated heterocycles. The second kappa shape index (κ2) is 9.42. The molecule has 1 amide bonds. The largest absolute Gasteiger partial charge is 0.378 e. The molecule has 0 radical (unpaired) electrons. The zero-order valence-electron chi connectivity index (χ0n) is 20.1. The van der Waals surface area contributed by atoms with Crippen LogP contribution in [-0.2, 0) is 4.74 Å². The maximum Gasteiger partial charge on any atom is 0.258 e. The number of fused-ring (bicyclic) bond motifs is 5. The molecule has 8 nitrogen and oxygen atoms in total. The van der Waals surface area contributed by atoms with Crippen LogP contribution in [0.2, 0.25) is 0 Å². The van der Waals surface area contributed by atoms with E-state index in [0.29, 0.717) is 49.4 Å². The van der Waals surface area contributed by atoms with Gasteiger partial charge in [-0.05, 0) is 51.1 Å². The lowest BCUT2D eigenvalue weighted by Gasteiger charge is -2.28. The molecule has 2 aliphatic heterocycles. The van der Waals surface area contributed by atoms with Crippen LogP contribution in [0.1, 0.15) is 29.6 Å². The van der Waals surface area contributed by atoms with Gasteiger partial charge in [-0.2, -0.15) is 0 Å². The highest BCUT2D eigenvalue weighted by molar-refractivity contribution is 7.24. The van der Waals surface area contributed by atoms with Gasteiger partial charge in [0.2, 0.25) is 5.43 Å². The molecule has 1 aromatic carbocycles. The predicted molar refractivity (Wildman–Crippen MR) is 140 cm³/mol. The van der Waals surface area contributed by atoms with Gasteiger partial charge in [0.05, 0.1) is 28.8 Å². The first-order chi connectivity index (χ1) is 17.5. The number of rotatable bonds is 5. The first kappa shape index (κ1) is 23.3. The molecule has 5 heterocycles. The van der Waals surface area contributed by atoms with Gasteiger partial charge in [0, 0.05) is 25.7 Å². The number of aromatic nitrogens is 2. The Kier molecular flexibility index (Phi) is 6.10. The minimum absolute atomic E-state index is 0.0452. The first-order valence-corrected chi connectivity index (χ1v) is 13.2. The SMILES string of the molecule is CN1CCCC1CCNC(=O)c1c(=O)c2cc(F)c(N3CCOCC3)nc2n2c1sc1ccccc12. The zero-order valence-corrected chi connectivity index (χ0v) is 20.9. The van der Waals surface area contributed by atoms with Crippen molar-refractivity contribution in [2.45, 2.75) is 25.3 Å². The van der Waals surface area contributed by atoms with Gasteiger partial charge in [0.25, 0.3) is 5.91 Å². The first-order valence-electron chi connectivity index (χ1n) is 12.4. The van der Waals surface area contributed by atoms with Crippen molar-refractivity contribution in [2.75, 3.05) is 51.3 Å². The Labute approximate surface area is 211 Å². The van der Waals surface area contributed by atoms with Crippen LogP contribution in [-0.4, -0.2) is 72.7 Å². The summed E-state index contributed by atoms with van der Waals surface area (Å²) in [6, 6.07) is 9.38. The summed E-state index contributed by atoms with van der Waals surface area (Å²) in [5.74, 6) is -0.798. The topological polar surface area (TPSA) is 79.2 Å². The number of morpholine rings is 1. The fourth-order valence-corrected chi connectivity index (χ4v) is 6.56. The van der Waals surface area contributed by atoms with Crippen molar-refractivity contribution in [3.05, 3.63) is 51.9 Å². The number of carbonyl (C=O) groups is 1. The monoisotopic (exact) mass is 509 g/mol. The molecule has 6 rings (SSSR count). The lowest BCUT2D eigenvalue weighted by Crippen LogP contribution is -2.37. The van der Waals surface area contributed by atoms with E-state index in [1.165, 1.54) is 17.4 Å². The van der Waals surface area contributed by atoms with Crippen molar-refractivity contribution in [2.24, 2.45) is 0 Å². The smallest absolute Gasteiger partial charge is 0.258 e. The third-order valence-corrected chi connectivity index (χ3v) is 8.47. The van der Waals surface area contributed by atoms with Crippen LogP contribution < -0.4 is 15.6 Å². The van der Waals surface area contributed by atoms with Crippen LogP contribution in [0.5, 0.6) is 0 Å². The Balaban J connectivity index is 1.48. The van der Waals surface area contributed by atoms with Crippen molar-refractivity contribution >= 4 is 49.1 Å². The third-order valence-electron chi connectivity index (χ3n) is 7.32. The van der Waals surface area contributed by atoms with E-state index in [1.54, 1.807) is 0 Å². The number of para-hydroxylation sites is 1. The number of benzene rings is 1. The van der Waals surface area contributed by atoms with Gasteiger partial charge in [-0.1, -0.05) is 12.1 Å². The summed E-state index contributed by atoms with van der Waals surface area (Å²) < 4.78 is 23.4. The Bertz CT molecular complexity index is 1530. The lowest BCUT2D eigenvalue weighted by molar-refractivity contribution is 0.0951. The minimum atomic E-state index is -0.573. The highest BCUT2D eigenvalue weighted by Crippen LogP contribution is 2.32. The molecule has 0 bridgehead atoms. The van der Waals surface area contributed by atoms with E-state index in [2.05, 4.69) is 22.2 Å². The summed E-state index contributed by atoms with van der Waals surface area (Å²) in [5.41, 5.74) is 0.742. The van der Waals surface area contributed by atoms with E-state index in [4.69, 9.17) is 4.74 Å². The summed E-state index contributed by atoms with van der Waals surface area (Å²) in [6.07, 6.45) is 3.10. The van der Waals surface area contributed by atoms with Crippen LogP contribution in [0.25, 0.3) is 26.1 Å². The molecule has 2 aliphatic rings. The number of nitrogens with zero attached hydrogens (tertiary/aromatic N) is 4. The third kappa shape index (κ3) is 3.93. The molecular formula is C26H28FN5O3S. The van der Waals surface area contributed by atoms with E-state index in [1.807, 2.05) is 33.6 Å². The second-order valence-corrected chi connectivity index (χ2v) is 10.5. The number of carbonyl (C=O) groups excluding carboxylic acids is 1. The number of hydrogen-bond donors (Lipinski definition) is 1. The number of nitrogens with one attached hydrogen (secondary N) is 1. The highest BCUT2D eigenvalue weighted by Gasteiger charge is 2.26. The van der Waals surface area contributed by atoms with Gasteiger partial charge in [-0.25, -0.2) is 9.37 Å². The predicted octanol–water partition coefficient (Wildman–Crippen LogP) is 3.25. The summed E-state index contributed by atoms with van der Waals surface area (Å²) >= 11 is 1.38. The molecule has 36 heavy (non-hydrogen) atoms. The number of hydrogen-bond acceptors (Lipinski definition) is 7. The molecule has 1 N–H and O–H groups in total. The van der Waals surface area contributed by atoms with E-state index in [9.17, 15) is 9.59 Å². The number of likely N-dealkylation sites (tertiary alicyclic amines) is 1. The van der Waals surface area contributed by atoms with Gasteiger partial charge >= 0.3 is 0 Å². The van der Waals surface area contributed by atoms with Gasteiger partial charge in [-0.15, -0.1) is 11.3 Å². The summed E-state index contributed by atoms with van der Waals surface area (Å²) in [7, 11) is 2.10. The Morgan fingerprint density at radius 2 is 2.06 bits per heavy atom. The maximum absolute atomic E-state index is 15.3. The fraction of sp³-hybridized carbons (Fsp3) is 0.423.